The Morgan fingerprint density at radius 1 is 1.60 bits per heavy atom. The van der Waals surface area contributed by atoms with Crippen LogP contribution in [-0.4, -0.2) is 6.54 Å². The zero-order chi connectivity index (χ0) is 11.1. The lowest BCUT2D eigenvalue weighted by Gasteiger charge is -1.98. The lowest BCUT2D eigenvalue weighted by atomic mass is 10.1. The largest absolute Gasteiger partial charge is 0.398 e. The first-order chi connectivity index (χ1) is 7.27. The molecule has 0 bridgehead atoms. The van der Waals surface area contributed by atoms with Crippen LogP contribution >= 0.6 is 0 Å². The zero-order valence-corrected chi connectivity index (χ0v) is 7.96. The first kappa shape index (κ1) is 10.6. The van der Waals surface area contributed by atoms with Crippen molar-refractivity contribution in [2.24, 2.45) is 5.11 Å². The quantitative estimate of drug-likeness (QED) is 0.350. The third kappa shape index (κ3) is 3.07. The monoisotopic (exact) mass is 199 g/mol. The maximum Gasteiger partial charge on any atom is 0.101 e. The van der Waals surface area contributed by atoms with Gasteiger partial charge >= 0.3 is 0 Å². The lowest BCUT2D eigenvalue weighted by Crippen LogP contribution is -1.90. The molecule has 0 radical (unpaired) electrons. The summed E-state index contributed by atoms with van der Waals surface area (Å²) < 4.78 is 0. The fourth-order valence-electron chi connectivity index (χ4n) is 1.05. The van der Waals surface area contributed by atoms with Gasteiger partial charge in [-0.2, -0.15) is 5.26 Å². The highest BCUT2D eigenvalue weighted by Gasteiger charge is 1.96. The topological polar surface area (TPSA) is 98.6 Å². The molecule has 74 valence electrons. The summed E-state index contributed by atoms with van der Waals surface area (Å²) in [5, 5.41) is 12.1. The second-order valence-corrected chi connectivity index (χ2v) is 2.77. The molecule has 0 atom stereocenters. The van der Waals surface area contributed by atoms with E-state index in [1.165, 1.54) is 0 Å². The van der Waals surface area contributed by atoms with Crippen molar-refractivity contribution in [2.75, 3.05) is 12.3 Å². The highest BCUT2D eigenvalue weighted by molar-refractivity contribution is 5.61. The molecular weight excluding hydrogens is 190 g/mol. The molecule has 0 saturated heterocycles. The van der Waals surface area contributed by atoms with Crippen molar-refractivity contribution >= 4 is 11.8 Å². The van der Waals surface area contributed by atoms with E-state index in [2.05, 4.69) is 10.0 Å². The zero-order valence-electron chi connectivity index (χ0n) is 7.96. The summed E-state index contributed by atoms with van der Waals surface area (Å²) in [6.45, 7) is 0.294. The Hall–Kier alpha value is -2.44. The molecule has 0 amide bonds. The van der Waals surface area contributed by atoms with Crippen LogP contribution in [0.15, 0.2) is 29.4 Å². The summed E-state index contributed by atoms with van der Waals surface area (Å²) in [7, 11) is 0. The number of nitrogens with two attached hydrogens (primary N) is 1. The van der Waals surface area contributed by atoms with Gasteiger partial charge in [0.2, 0.25) is 0 Å². The summed E-state index contributed by atoms with van der Waals surface area (Å²) in [6.07, 6.45) is 3.49. The van der Waals surface area contributed by atoms with Crippen LogP contribution < -0.4 is 5.73 Å². The molecule has 5 nitrogen and oxygen atoms in total. The van der Waals surface area contributed by atoms with E-state index in [0.29, 0.717) is 17.8 Å². The van der Waals surface area contributed by atoms with Gasteiger partial charge in [-0.05, 0) is 23.2 Å². The highest BCUT2D eigenvalue weighted by Crippen LogP contribution is 2.13. The predicted octanol–water partition coefficient (Wildman–Crippen LogP) is 2.46. The van der Waals surface area contributed by atoms with E-state index < -0.39 is 0 Å². The predicted molar refractivity (Wildman–Crippen MR) is 58.6 cm³/mol. The van der Waals surface area contributed by atoms with E-state index in [4.69, 9.17) is 16.5 Å². The molecule has 15 heavy (non-hydrogen) atoms. The van der Waals surface area contributed by atoms with Crippen LogP contribution in [0.1, 0.15) is 11.1 Å². The van der Waals surface area contributed by atoms with E-state index in [-0.39, 0.29) is 0 Å². The lowest BCUT2D eigenvalue weighted by molar-refractivity contribution is 1.22. The van der Waals surface area contributed by atoms with Crippen LogP contribution in [0.4, 0.5) is 5.69 Å². The Labute approximate surface area is 87.1 Å². The second-order valence-electron chi connectivity index (χ2n) is 2.77. The molecule has 0 heterocycles. The summed E-state index contributed by atoms with van der Waals surface area (Å²) in [4.78, 5) is 2.62. The molecule has 0 fully saturated rings. The van der Waals surface area contributed by atoms with E-state index in [9.17, 15) is 0 Å². The van der Waals surface area contributed by atoms with Crippen LogP contribution in [0.3, 0.4) is 0 Å². The summed E-state index contributed by atoms with van der Waals surface area (Å²) in [5.74, 6) is 0. The normalized spacial score (nSPS) is 9.53. The molecule has 0 aliphatic rings. The van der Waals surface area contributed by atoms with Crippen LogP contribution in [-0.2, 0) is 0 Å². The molecule has 2 N–H and O–H groups in total. The maximum atomic E-state index is 8.73. The first-order valence-electron chi connectivity index (χ1n) is 4.25. The number of rotatable bonds is 3. The standard InChI is InChI=1S/C10H9N5/c11-7-9-6-8(3-4-10(9)12)2-1-5-14-15-13/h1-4,6H,5,12H2. The number of benzene rings is 1. The van der Waals surface area contributed by atoms with Crippen LogP contribution in [0.25, 0.3) is 16.5 Å². The average molecular weight is 199 g/mol. The smallest absolute Gasteiger partial charge is 0.101 e. The molecule has 0 saturated carbocycles. The molecule has 1 aromatic rings. The average Bonchev–Trinajstić information content (AvgIpc) is 2.26. The van der Waals surface area contributed by atoms with Crippen molar-refractivity contribution < 1.29 is 0 Å². The molecule has 0 unspecified atom stereocenters. The van der Waals surface area contributed by atoms with Gasteiger partial charge in [0, 0.05) is 17.1 Å². The van der Waals surface area contributed by atoms with Crippen molar-refractivity contribution in [1.82, 2.24) is 0 Å². The summed E-state index contributed by atoms with van der Waals surface area (Å²) in [5.41, 5.74) is 15.4. The van der Waals surface area contributed by atoms with Crippen molar-refractivity contribution in [2.45, 2.75) is 0 Å². The third-order valence-electron chi connectivity index (χ3n) is 1.76. The van der Waals surface area contributed by atoms with Gasteiger partial charge in [0.05, 0.1) is 5.56 Å². The number of hydrogen-bond acceptors (Lipinski definition) is 3. The number of nitriles is 1. The van der Waals surface area contributed by atoms with Gasteiger partial charge in [0.25, 0.3) is 0 Å². The van der Waals surface area contributed by atoms with E-state index in [1.807, 2.05) is 6.07 Å². The number of hydrogen-bond donors (Lipinski definition) is 1. The number of nitrogen functional groups attached to an aromatic ring is 1. The Balaban J connectivity index is 2.84. The minimum atomic E-state index is 0.294. The van der Waals surface area contributed by atoms with Crippen LogP contribution in [0.5, 0.6) is 0 Å². The Morgan fingerprint density at radius 3 is 3.07 bits per heavy atom. The van der Waals surface area contributed by atoms with Crippen LogP contribution in [0.2, 0.25) is 0 Å². The van der Waals surface area contributed by atoms with Gasteiger partial charge < -0.3 is 5.73 Å². The maximum absolute atomic E-state index is 8.73. The molecule has 0 aliphatic carbocycles. The van der Waals surface area contributed by atoms with Crippen molar-refractivity contribution in [3.63, 3.8) is 0 Å². The van der Waals surface area contributed by atoms with E-state index >= 15 is 0 Å². The number of nitrogens with zero attached hydrogens (tertiary/aromatic N) is 4. The van der Waals surface area contributed by atoms with Gasteiger partial charge in [-0.1, -0.05) is 23.3 Å². The minimum Gasteiger partial charge on any atom is -0.398 e. The Bertz CT molecular complexity index is 463. The van der Waals surface area contributed by atoms with E-state index in [1.54, 1.807) is 30.4 Å². The first-order valence-corrected chi connectivity index (χ1v) is 4.25. The van der Waals surface area contributed by atoms with Crippen LogP contribution in [0, 0.1) is 11.3 Å². The Kier molecular flexibility index (Phi) is 3.78. The molecule has 5 heteroatoms. The Morgan fingerprint density at radius 2 is 2.40 bits per heavy atom. The van der Waals surface area contributed by atoms with Gasteiger partial charge in [0.15, 0.2) is 0 Å². The molecule has 1 aromatic carbocycles. The SMILES string of the molecule is N#Cc1cc(C=CCN=[N+]=[N-])ccc1N. The van der Waals surface area contributed by atoms with Crippen molar-refractivity contribution in [1.29, 1.82) is 5.26 Å². The van der Waals surface area contributed by atoms with E-state index in [0.717, 1.165) is 5.56 Å². The van der Waals surface area contributed by atoms with Gasteiger partial charge in [-0.15, -0.1) is 0 Å². The molecule has 0 aliphatic heterocycles. The van der Waals surface area contributed by atoms with Crippen molar-refractivity contribution in [3.8, 4) is 6.07 Å². The fraction of sp³-hybridized carbons (Fsp3) is 0.100. The highest BCUT2D eigenvalue weighted by atomic mass is 15.1. The number of azide groups is 1. The molecule has 1 rings (SSSR count). The summed E-state index contributed by atoms with van der Waals surface area (Å²) in [6, 6.07) is 7.15. The number of anilines is 1. The summed E-state index contributed by atoms with van der Waals surface area (Å²) >= 11 is 0. The minimum absolute atomic E-state index is 0.294. The van der Waals surface area contributed by atoms with Gasteiger partial charge in [0.1, 0.15) is 6.07 Å². The van der Waals surface area contributed by atoms with Crippen molar-refractivity contribution in [3.05, 3.63) is 45.8 Å². The fourth-order valence-corrected chi connectivity index (χ4v) is 1.05. The molecule has 0 aromatic heterocycles. The molecule has 0 spiro atoms. The molecular formula is C10H9N5. The van der Waals surface area contributed by atoms with Gasteiger partial charge in [-0.25, -0.2) is 0 Å². The van der Waals surface area contributed by atoms with Gasteiger partial charge in [-0.3, -0.25) is 0 Å². The third-order valence-corrected chi connectivity index (χ3v) is 1.76. The second kappa shape index (κ2) is 5.32.